The van der Waals surface area contributed by atoms with E-state index in [-0.39, 0.29) is 21.7 Å². The molecule has 0 saturated heterocycles. The third kappa shape index (κ3) is 7.34. The third-order valence-corrected chi connectivity index (χ3v) is 7.26. The first-order valence-electron chi connectivity index (χ1n) is 12.0. The van der Waals surface area contributed by atoms with Crippen molar-refractivity contribution in [3.8, 4) is 0 Å². The molecular weight excluding hydrogens is 424 g/mol. The van der Waals surface area contributed by atoms with Crippen LogP contribution in [0.2, 0.25) is 0 Å². The van der Waals surface area contributed by atoms with Crippen molar-refractivity contribution in [1.82, 2.24) is 0 Å². The highest BCUT2D eigenvalue weighted by Gasteiger charge is 2.26. The van der Waals surface area contributed by atoms with E-state index >= 15 is 0 Å². The molecule has 2 atom stereocenters. The Hall–Kier alpha value is -1.29. The Balaban J connectivity index is 2.46. The van der Waals surface area contributed by atoms with Crippen LogP contribution in [0.1, 0.15) is 127 Å². The van der Waals surface area contributed by atoms with Crippen LogP contribution < -0.4 is 0 Å². The number of rotatable bonds is 4. The van der Waals surface area contributed by atoms with Gasteiger partial charge in [-0.15, -0.1) is 0 Å². The molecule has 0 spiro atoms. The molecule has 2 nitrogen and oxygen atoms in total. The van der Waals surface area contributed by atoms with Crippen LogP contribution in [-0.2, 0) is 21.7 Å². The fourth-order valence-electron chi connectivity index (χ4n) is 3.60. The van der Waals surface area contributed by atoms with Crippen LogP contribution >= 0.6 is 11.8 Å². The highest BCUT2D eigenvalue weighted by Crippen LogP contribution is 2.42. The summed E-state index contributed by atoms with van der Waals surface area (Å²) in [6, 6.07) is 12.9. The summed E-state index contributed by atoms with van der Waals surface area (Å²) in [6.07, 6.45) is 0. The van der Waals surface area contributed by atoms with Crippen LogP contribution in [0.3, 0.4) is 0 Å². The van der Waals surface area contributed by atoms with Crippen molar-refractivity contribution < 1.29 is 10.2 Å². The first kappa shape index (κ1) is 28.0. The van der Waals surface area contributed by atoms with Crippen LogP contribution in [0.25, 0.3) is 0 Å². The fourth-order valence-corrected chi connectivity index (χ4v) is 4.43. The second-order valence-corrected chi connectivity index (χ2v) is 14.7. The van der Waals surface area contributed by atoms with Gasteiger partial charge in [0.25, 0.3) is 0 Å². The largest absolute Gasteiger partial charge is 0.378 e. The minimum Gasteiger partial charge on any atom is -0.378 e. The van der Waals surface area contributed by atoms with Gasteiger partial charge in [-0.25, -0.2) is 0 Å². The summed E-state index contributed by atoms with van der Waals surface area (Å²) in [5.74, 6) is 0. The molecule has 0 amide bonds. The van der Waals surface area contributed by atoms with Crippen LogP contribution in [0.15, 0.2) is 36.4 Å². The smallest absolute Gasteiger partial charge is 0.127 e. The molecule has 0 aliphatic carbocycles. The van der Waals surface area contributed by atoms with Crippen LogP contribution in [-0.4, -0.2) is 10.2 Å². The van der Waals surface area contributed by atoms with Crippen LogP contribution in [0, 0.1) is 0 Å². The van der Waals surface area contributed by atoms with E-state index < -0.39 is 10.9 Å². The summed E-state index contributed by atoms with van der Waals surface area (Å²) in [5.41, 5.74) is 4.74. The van der Waals surface area contributed by atoms with Crippen molar-refractivity contribution >= 4 is 11.8 Å². The highest BCUT2D eigenvalue weighted by atomic mass is 32.2. The average molecular weight is 471 g/mol. The monoisotopic (exact) mass is 470 g/mol. The Morgan fingerprint density at radius 3 is 0.848 bits per heavy atom. The van der Waals surface area contributed by atoms with Gasteiger partial charge < -0.3 is 10.2 Å². The second-order valence-electron chi connectivity index (χ2n) is 13.5. The van der Waals surface area contributed by atoms with Crippen molar-refractivity contribution in [2.75, 3.05) is 0 Å². The molecule has 0 radical (unpaired) electrons. The predicted molar refractivity (Wildman–Crippen MR) is 145 cm³/mol. The number of aliphatic hydroxyl groups is 2. The predicted octanol–water partition coefficient (Wildman–Crippen LogP) is 8.29. The second kappa shape index (κ2) is 9.40. The van der Waals surface area contributed by atoms with Gasteiger partial charge in [-0.05, 0) is 55.0 Å². The summed E-state index contributed by atoms with van der Waals surface area (Å²) in [7, 11) is 0. The lowest BCUT2D eigenvalue weighted by molar-refractivity contribution is 0.240. The van der Waals surface area contributed by atoms with E-state index in [2.05, 4.69) is 119 Å². The maximum Gasteiger partial charge on any atom is 0.127 e. The molecule has 2 rings (SSSR count). The number of hydrogen-bond donors (Lipinski definition) is 2. The highest BCUT2D eigenvalue weighted by molar-refractivity contribution is 7.99. The molecule has 0 bridgehead atoms. The van der Waals surface area contributed by atoms with Gasteiger partial charge in [-0.1, -0.05) is 131 Å². The van der Waals surface area contributed by atoms with Crippen molar-refractivity contribution in [2.24, 2.45) is 0 Å². The summed E-state index contributed by atoms with van der Waals surface area (Å²) in [6.45, 7) is 26.3. The quantitative estimate of drug-likeness (QED) is 0.442. The van der Waals surface area contributed by atoms with Crippen LogP contribution in [0.5, 0.6) is 0 Å². The molecule has 33 heavy (non-hydrogen) atoms. The minimum atomic E-state index is -0.820. The Kier molecular flexibility index (Phi) is 7.96. The van der Waals surface area contributed by atoms with Gasteiger partial charge in [-0.3, -0.25) is 0 Å². The molecule has 2 N–H and O–H groups in total. The molecule has 2 unspecified atom stereocenters. The van der Waals surface area contributed by atoms with Crippen molar-refractivity contribution in [3.63, 3.8) is 0 Å². The molecule has 2 aromatic rings. The molecule has 184 valence electrons. The Labute approximate surface area is 207 Å². The summed E-state index contributed by atoms with van der Waals surface area (Å²) >= 11 is 1.19. The van der Waals surface area contributed by atoms with Gasteiger partial charge in [-0.2, -0.15) is 0 Å². The van der Waals surface area contributed by atoms with E-state index in [9.17, 15) is 10.2 Å². The van der Waals surface area contributed by atoms with E-state index in [1.807, 2.05) is 0 Å². The van der Waals surface area contributed by atoms with Crippen molar-refractivity contribution in [1.29, 1.82) is 0 Å². The maximum atomic E-state index is 11.2. The standard InChI is InChI=1S/C30H46O2S/c1-27(2,3)21-13-19(14-22(17-21)28(4,5)6)25(31)33-26(32)20-15-23(29(7,8)9)18-24(16-20)30(10,11)12/h13-18,25-26,31-32H,1-12H3. The van der Waals surface area contributed by atoms with Gasteiger partial charge in [0, 0.05) is 0 Å². The number of thioether (sulfide) groups is 1. The molecule has 0 aromatic heterocycles. The topological polar surface area (TPSA) is 40.5 Å². The lowest BCUT2D eigenvalue weighted by Crippen LogP contribution is -2.18. The van der Waals surface area contributed by atoms with Gasteiger partial charge in [0.15, 0.2) is 0 Å². The van der Waals surface area contributed by atoms with E-state index in [1.165, 1.54) is 34.0 Å². The van der Waals surface area contributed by atoms with Crippen molar-refractivity contribution in [3.05, 3.63) is 69.8 Å². The van der Waals surface area contributed by atoms with Gasteiger partial charge in [0.1, 0.15) is 10.9 Å². The minimum absolute atomic E-state index is 0.0261. The molecule has 0 aliphatic rings. The van der Waals surface area contributed by atoms with E-state index in [0.29, 0.717) is 0 Å². The summed E-state index contributed by atoms with van der Waals surface area (Å²) in [4.78, 5) is 0. The van der Waals surface area contributed by atoms with Gasteiger partial charge >= 0.3 is 0 Å². The summed E-state index contributed by atoms with van der Waals surface area (Å²) < 4.78 is 0. The van der Waals surface area contributed by atoms with Crippen molar-refractivity contribution in [2.45, 2.75) is 116 Å². The van der Waals surface area contributed by atoms with Gasteiger partial charge in [0.05, 0.1) is 0 Å². The normalized spacial score (nSPS) is 15.5. The molecule has 0 saturated carbocycles. The summed E-state index contributed by atoms with van der Waals surface area (Å²) in [5, 5.41) is 22.4. The molecule has 0 fully saturated rings. The Morgan fingerprint density at radius 2 is 0.667 bits per heavy atom. The first-order chi connectivity index (χ1) is 14.7. The number of hydrogen-bond acceptors (Lipinski definition) is 3. The maximum absolute atomic E-state index is 11.2. The van der Waals surface area contributed by atoms with Gasteiger partial charge in [0.2, 0.25) is 0 Å². The van der Waals surface area contributed by atoms with Crippen LogP contribution in [0.4, 0.5) is 0 Å². The zero-order valence-electron chi connectivity index (χ0n) is 22.9. The number of benzene rings is 2. The zero-order valence-corrected chi connectivity index (χ0v) is 23.7. The van der Waals surface area contributed by atoms with E-state index in [1.54, 1.807) is 0 Å². The zero-order chi connectivity index (χ0) is 25.6. The Bertz CT molecular complexity index is 819. The molecule has 0 heterocycles. The molecule has 3 heteroatoms. The lowest BCUT2D eigenvalue weighted by atomic mass is 9.79. The average Bonchev–Trinajstić information content (AvgIpc) is 2.64. The third-order valence-electron chi connectivity index (χ3n) is 6.20. The SMILES string of the molecule is CC(C)(C)c1cc(C(O)SC(O)c2cc(C(C)(C)C)cc(C(C)(C)C)c2)cc(C(C)(C)C)c1. The molecule has 0 aliphatic heterocycles. The molecular formula is C30H46O2S. The Morgan fingerprint density at radius 1 is 0.455 bits per heavy atom. The lowest BCUT2D eigenvalue weighted by Gasteiger charge is -2.28. The first-order valence-corrected chi connectivity index (χ1v) is 13.0. The number of aliphatic hydroxyl groups excluding tert-OH is 2. The molecule has 2 aromatic carbocycles. The van der Waals surface area contributed by atoms with E-state index in [0.717, 1.165) is 11.1 Å². The fraction of sp³-hybridized carbons (Fsp3) is 0.600. The van der Waals surface area contributed by atoms with E-state index in [4.69, 9.17) is 0 Å².